The maximum absolute atomic E-state index is 4.15. The molecule has 0 bridgehead atoms. The molecule has 36 valence electrons. The van der Waals surface area contributed by atoms with Crippen LogP contribution in [0.2, 0.25) is 0 Å². The SMILES string of the molecule is C=CN=C[CH]=[Ni]. The Bertz CT molecular complexity index is 65.6. The van der Waals surface area contributed by atoms with Crippen LogP contribution in [0.5, 0.6) is 0 Å². The summed E-state index contributed by atoms with van der Waals surface area (Å²) in [5.41, 5.74) is 0. The van der Waals surface area contributed by atoms with E-state index in [-0.39, 0.29) is 0 Å². The van der Waals surface area contributed by atoms with Crippen LogP contribution in [0.25, 0.3) is 0 Å². The third-order valence-corrected chi connectivity index (χ3v) is 0.386. The molecule has 0 heterocycles. The fourth-order valence-corrected chi connectivity index (χ4v) is 0.173. The molecule has 0 amide bonds. The molecular formula is C4H5NNi. The predicted octanol–water partition coefficient (Wildman–Crippen LogP) is 0.550. The van der Waals surface area contributed by atoms with Gasteiger partial charge in [-0.05, 0) is 0 Å². The molecular weight excluding hydrogens is 121 g/mol. The van der Waals surface area contributed by atoms with Gasteiger partial charge in [-0.2, -0.15) is 0 Å². The van der Waals surface area contributed by atoms with E-state index < -0.39 is 0 Å². The maximum atomic E-state index is 4.15. The quantitative estimate of drug-likeness (QED) is 0.378. The van der Waals surface area contributed by atoms with Gasteiger partial charge in [0.2, 0.25) is 0 Å². The second-order valence-electron chi connectivity index (χ2n) is 0.586. The average Bonchev–Trinajstić information content (AvgIpc) is 1.61. The van der Waals surface area contributed by atoms with Crippen molar-refractivity contribution in [1.29, 1.82) is 0 Å². The third-order valence-electron chi connectivity index (χ3n) is 0.239. The van der Waals surface area contributed by atoms with Gasteiger partial charge < -0.3 is 0 Å². The summed E-state index contributed by atoms with van der Waals surface area (Å²) in [5.74, 6) is 0. The molecule has 2 heteroatoms. The van der Waals surface area contributed by atoms with E-state index in [9.17, 15) is 0 Å². The summed E-state index contributed by atoms with van der Waals surface area (Å²) in [5, 5.41) is 0. The van der Waals surface area contributed by atoms with Crippen LogP contribution in [-0.4, -0.2) is 11.2 Å². The van der Waals surface area contributed by atoms with Gasteiger partial charge in [0.25, 0.3) is 0 Å². The summed E-state index contributed by atoms with van der Waals surface area (Å²) in [6, 6.07) is 0. The molecule has 0 fully saturated rings. The molecule has 0 saturated heterocycles. The van der Waals surface area contributed by atoms with Crippen molar-refractivity contribution in [2.45, 2.75) is 0 Å². The van der Waals surface area contributed by atoms with E-state index in [0.29, 0.717) is 0 Å². The van der Waals surface area contributed by atoms with Crippen molar-refractivity contribution in [2.24, 2.45) is 4.99 Å². The zero-order valence-corrected chi connectivity index (χ0v) is 4.19. The molecule has 0 rings (SSSR count). The van der Waals surface area contributed by atoms with Crippen LogP contribution in [0.15, 0.2) is 17.8 Å². The Kier molecular flexibility index (Phi) is 4.59. The van der Waals surface area contributed by atoms with Gasteiger partial charge in [-0.15, -0.1) is 0 Å². The van der Waals surface area contributed by atoms with Crippen LogP contribution in [0.4, 0.5) is 0 Å². The average molecular weight is 126 g/mol. The molecule has 6 heavy (non-hydrogen) atoms. The first-order valence-electron chi connectivity index (χ1n) is 1.44. The van der Waals surface area contributed by atoms with Crippen molar-refractivity contribution in [3.63, 3.8) is 0 Å². The summed E-state index contributed by atoms with van der Waals surface area (Å²) in [6.45, 7) is 3.34. The van der Waals surface area contributed by atoms with Crippen LogP contribution in [0.3, 0.4) is 0 Å². The second-order valence-corrected chi connectivity index (χ2v) is 0.915. The zero-order chi connectivity index (χ0) is 4.83. The Morgan fingerprint density at radius 2 is 2.33 bits per heavy atom. The molecule has 1 nitrogen and oxygen atoms in total. The van der Waals surface area contributed by atoms with E-state index in [4.69, 9.17) is 0 Å². The van der Waals surface area contributed by atoms with Crippen molar-refractivity contribution in [3.05, 3.63) is 12.8 Å². The number of hydrogen-bond acceptors (Lipinski definition) is 1. The Morgan fingerprint density at radius 3 is 2.50 bits per heavy atom. The van der Waals surface area contributed by atoms with E-state index >= 15 is 0 Å². The first-order valence-corrected chi connectivity index (χ1v) is 2.01. The molecule has 0 aliphatic rings. The predicted molar refractivity (Wildman–Crippen MR) is 24.8 cm³/mol. The van der Waals surface area contributed by atoms with Gasteiger partial charge in [0, 0.05) is 0 Å². The van der Waals surface area contributed by atoms with Gasteiger partial charge in [0.15, 0.2) is 0 Å². The molecule has 0 unspecified atom stereocenters. The minimum atomic E-state index is 1.44. The number of hydrogen-bond donors (Lipinski definition) is 0. The van der Waals surface area contributed by atoms with E-state index in [2.05, 4.69) is 26.6 Å². The van der Waals surface area contributed by atoms with Gasteiger partial charge in [-0.25, -0.2) is 0 Å². The van der Waals surface area contributed by atoms with Gasteiger partial charge in [0.1, 0.15) is 0 Å². The third kappa shape index (κ3) is 3.77. The molecule has 0 aliphatic carbocycles. The Hall–Kier alpha value is -0.226. The molecule has 0 N–H and O–H groups in total. The van der Waals surface area contributed by atoms with Crippen molar-refractivity contribution in [3.8, 4) is 0 Å². The van der Waals surface area contributed by atoms with Crippen molar-refractivity contribution >= 4 is 11.2 Å². The Balaban J connectivity index is 3.17. The van der Waals surface area contributed by atoms with E-state index in [1.54, 1.807) is 0 Å². The fourth-order valence-electron chi connectivity index (χ4n) is 0.0881. The summed E-state index contributed by atoms with van der Waals surface area (Å²) < 4.78 is 0. The first-order chi connectivity index (χ1) is 2.91. The Labute approximate surface area is 44.7 Å². The number of rotatable bonds is 2. The summed E-state index contributed by atoms with van der Waals surface area (Å²) >= 11 is 4.15. The topological polar surface area (TPSA) is 12.4 Å². The van der Waals surface area contributed by atoms with Gasteiger partial charge in [-0.3, -0.25) is 0 Å². The Morgan fingerprint density at radius 1 is 1.67 bits per heavy atom. The molecule has 0 spiro atoms. The number of nitrogens with zero attached hydrogens (tertiary/aromatic N) is 1. The van der Waals surface area contributed by atoms with Crippen LogP contribution < -0.4 is 0 Å². The second kappa shape index (κ2) is 4.77. The number of aliphatic imine (C=N–C) groups is 1. The molecule has 0 atom stereocenters. The van der Waals surface area contributed by atoms with Crippen molar-refractivity contribution < 1.29 is 15.0 Å². The van der Waals surface area contributed by atoms with Crippen molar-refractivity contribution in [1.82, 2.24) is 0 Å². The minimum absolute atomic E-state index is 1.44. The van der Waals surface area contributed by atoms with Crippen LogP contribution in [-0.2, 0) is 15.0 Å². The van der Waals surface area contributed by atoms with Gasteiger partial charge in [0.05, 0.1) is 0 Å². The van der Waals surface area contributed by atoms with E-state index in [1.165, 1.54) is 17.4 Å². The van der Waals surface area contributed by atoms with Gasteiger partial charge in [-0.1, -0.05) is 0 Å². The molecule has 0 aliphatic heterocycles. The molecule has 0 aromatic rings. The summed E-state index contributed by atoms with van der Waals surface area (Å²) in [4.78, 5) is 5.05. The van der Waals surface area contributed by atoms with Crippen LogP contribution >= 0.6 is 0 Å². The zero-order valence-electron chi connectivity index (χ0n) is 3.20. The van der Waals surface area contributed by atoms with Gasteiger partial charge >= 0.3 is 44.0 Å². The molecule has 0 aromatic heterocycles. The van der Waals surface area contributed by atoms with E-state index in [0.717, 1.165) is 0 Å². The fraction of sp³-hybridized carbons (Fsp3) is 0. The molecule has 0 saturated carbocycles. The van der Waals surface area contributed by atoms with Crippen molar-refractivity contribution in [2.75, 3.05) is 0 Å². The summed E-state index contributed by atoms with van der Waals surface area (Å²) in [6.07, 6.45) is 2.96. The van der Waals surface area contributed by atoms with E-state index in [1.807, 2.05) is 0 Å². The normalized spacial score (nSPS) is 9.00. The standard InChI is InChI=1S/C4H5N.Ni/c1-3-5-4-2;/h1,3-4H,2H2;. The summed E-state index contributed by atoms with van der Waals surface area (Å²) in [7, 11) is 0. The molecule has 0 radical (unpaired) electrons. The first kappa shape index (κ1) is 5.77. The monoisotopic (exact) mass is 125 g/mol. The van der Waals surface area contributed by atoms with Crippen LogP contribution in [0, 0.1) is 0 Å². The molecule has 0 aromatic carbocycles. The van der Waals surface area contributed by atoms with Crippen LogP contribution in [0.1, 0.15) is 0 Å².